The van der Waals surface area contributed by atoms with Gasteiger partial charge < -0.3 is 9.73 Å². The van der Waals surface area contributed by atoms with Crippen molar-refractivity contribution in [1.82, 2.24) is 15.5 Å². The number of hydrogen-bond donors (Lipinski definition) is 2. The van der Waals surface area contributed by atoms with Gasteiger partial charge in [-0.05, 0) is 51.9 Å². The normalized spacial score (nSPS) is 22.2. The summed E-state index contributed by atoms with van der Waals surface area (Å²) in [4.78, 5) is 25.6. The first-order chi connectivity index (χ1) is 10.1. The molecule has 0 spiro atoms. The number of amides is 2. The smallest absolute Gasteiger partial charge is 0.293 e. The summed E-state index contributed by atoms with van der Waals surface area (Å²) in [6.07, 6.45) is 5.80. The van der Waals surface area contributed by atoms with E-state index in [-0.39, 0.29) is 18.2 Å². The molecule has 1 fully saturated rings. The minimum absolute atomic E-state index is 0.153. The van der Waals surface area contributed by atoms with Crippen molar-refractivity contribution in [2.24, 2.45) is 0 Å². The molecule has 1 aromatic rings. The molecule has 2 rings (SSSR count). The molecular formula is C15H23N3O3. The number of furan rings is 1. The summed E-state index contributed by atoms with van der Waals surface area (Å²) in [5.74, 6) is -0.632. The van der Waals surface area contributed by atoms with Gasteiger partial charge in [0.05, 0.1) is 12.8 Å². The van der Waals surface area contributed by atoms with Crippen LogP contribution in [0.2, 0.25) is 0 Å². The third-order valence-corrected chi connectivity index (χ3v) is 4.12. The molecule has 6 nitrogen and oxygen atoms in total. The summed E-state index contributed by atoms with van der Waals surface area (Å²) < 4.78 is 4.96. The van der Waals surface area contributed by atoms with Crippen molar-refractivity contribution in [3.8, 4) is 0 Å². The molecule has 0 radical (unpaired) electrons. The quantitative estimate of drug-likeness (QED) is 0.847. The van der Waals surface area contributed by atoms with Crippen molar-refractivity contribution < 1.29 is 14.0 Å². The highest BCUT2D eigenvalue weighted by Gasteiger charge is 2.24. The van der Waals surface area contributed by atoms with Crippen LogP contribution >= 0.6 is 0 Å². The zero-order valence-corrected chi connectivity index (χ0v) is 12.6. The lowest BCUT2D eigenvalue weighted by Gasteiger charge is -2.34. The Hall–Kier alpha value is -1.66. The van der Waals surface area contributed by atoms with Crippen LogP contribution in [0.15, 0.2) is 22.8 Å². The van der Waals surface area contributed by atoms with E-state index in [2.05, 4.69) is 10.6 Å². The Bertz CT molecular complexity index is 465. The molecule has 1 aromatic heterocycles. The van der Waals surface area contributed by atoms with Crippen molar-refractivity contribution in [3.63, 3.8) is 0 Å². The average Bonchev–Trinajstić information content (AvgIpc) is 3.01. The zero-order chi connectivity index (χ0) is 15.2. The summed E-state index contributed by atoms with van der Waals surface area (Å²) in [5, 5.41) is 5.64. The predicted molar refractivity (Wildman–Crippen MR) is 78.9 cm³/mol. The Morgan fingerprint density at radius 1 is 1.33 bits per heavy atom. The van der Waals surface area contributed by atoms with Crippen LogP contribution in [0.3, 0.4) is 0 Å². The van der Waals surface area contributed by atoms with Crippen molar-refractivity contribution in [2.75, 3.05) is 20.6 Å². The van der Waals surface area contributed by atoms with E-state index in [1.165, 1.54) is 12.3 Å². The summed E-state index contributed by atoms with van der Waals surface area (Å²) in [7, 11) is 3.92. The fourth-order valence-electron chi connectivity index (χ4n) is 2.80. The number of rotatable bonds is 5. The average molecular weight is 293 g/mol. The van der Waals surface area contributed by atoms with Crippen LogP contribution in [0.1, 0.15) is 36.2 Å². The lowest BCUT2D eigenvalue weighted by Crippen LogP contribution is -2.45. The number of hydrogen-bond acceptors (Lipinski definition) is 5. The third-order valence-electron chi connectivity index (χ3n) is 4.12. The lowest BCUT2D eigenvalue weighted by atomic mass is 9.90. The lowest BCUT2D eigenvalue weighted by molar-refractivity contribution is -0.121. The van der Waals surface area contributed by atoms with E-state index in [4.69, 9.17) is 4.42 Å². The van der Waals surface area contributed by atoms with Crippen molar-refractivity contribution >= 4 is 11.8 Å². The maximum atomic E-state index is 11.9. The molecule has 0 saturated heterocycles. The molecule has 1 aliphatic carbocycles. The topological polar surface area (TPSA) is 74.6 Å². The van der Waals surface area contributed by atoms with Gasteiger partial charge in [0.25, 0.3) is 5.91 Å². The molecule has 1 aliphatic rings. The molecule has 2 N–H and O–H groups in total. The van der Waals surface area contributed by atoms with E-state index in [1.54, 1.807) is 6.07 Å². The van der Waals surface area contributed by atoms with E-state index in [0.717, 1.165) is 25.7 Å². The fourth-order valence-corrected chi connectivity index (χ4v) is 2.80. The number of likely N-dealkylation sites (N-methyl/N-ethyl adjacent to an activating group) is 1. The van der Waals surface area contributed by atoms with E-state index >= 15 is 0 Å². The van der Waals surface area contributed by atoms with E-state index in [9.17, 15) is 9.59 Å². The molecule has 0 atom stereocenters. The van der Waals surface area contributed by atoms with Gasteiger partial charge in [0.2, 0.25) is 5.91 Å². The number of nitrogens with zero attached hydrogens (tertiary/aromatic N) is 1. The highest BCUT2D eigenvalue weighted by atomic mass is 16.3. The first-order valence-electron chi connectivity index (χ1n) is 7.35. The predicted octanol–water partition coefficient (Wildman–Crippen LogP) is 0.998. The molecule has 21 heavy (non-hydrogen) atoms. The molecule has 0 bridgehead atoms. The minimum Gasteiger partial charge on any atom is -0.459 e. The second kappa shape index (κ2) is 7.38. The molecule has 0 aliphatic heterocycles. The fraction of sp³-hybridized carbons (Fsp3) is 0.600. The van der Waals surface area contributed by atoms with Crippen LogP contribution in [-0.2, 0) is 4.79 Å². The SMILES string of the molecule is CNC1CCC(N(C)CC(=O)NC(=O)c2ccco2)CC1. The van der Waals surface area contributed by atoms with Gasteiger partial charge in [-0.3, -0.25) is 19.8 Å². The van der Waals surface area contributed by atoms with Gasteiger partial charge in [0, 0.05) is 12.1 Å². The van der Waals surface area contributed by atoms with Gasteiger partial charge in [0.1, 0.15) is 0 Å². The monoisotopic (exact) mass is 293 g/mol. The van der Waals surface area contributed by atoms with Crippen molar-refractivity contribution in [3.05, 3.63) is 24.2 Å². The van der Waals surface area contributed by atoms with Crippen LogP contribution in [0.25, 0.3) is 0 Å². The zero-order valence-electron chi connectivity index (χ0n) is 12.6. The molecule has 1 heterocycles. The molecular weight excluding hydrogens is 270 g/mol. The Kier molecular flexibility index (Phi) is 5.52. The van der Waals surface area contributed by atoms with Gasteiger partial charge in [-0.15, -0.1) is 0 Å². The molecule has 0 aromatic carbocycles. The molecule has 116 valence electrons. The largest absolute Gasteiger partial charge is 0.459 e. The molecule has 1 saturated carbocycles. The molecule has 0 unspecified atom stereocenters. The van der Waals surface area contributed by atoms with Gasteiger partial charge in [-0.2, -0.15) is 0 Å². The maximum Gasteiger partial charge on any atom is 0.293 e. The highest BCUT2D eigenvalue weighted by Crippen LogP contribution is 2.21. The van der Waals surface area contributed by atoms with Crippen LogP contribution < -0.4 is 10.6 Å². The van der Waals surface area contributed by atoms with Gasteiger partial charge in [-0.1, -0.05) is 0 Å². The van der Waals surface area contributed by atoms with Crippen molar-refractivity contribution in [1.29, 1.82) is 0 Å². The highest BCUT2D eigenvalue weighted by molar-refractivity contribution is 6.03. The summed E-state index contributed by atoms with van der Waals surface area (Å²) >= 11 is 0. The number of nitrogens with one attached hydrogen (secondary N) is 2. The van der Waals surface area contributed by atoms with Crippen LogP contribution in [0, 0.1) is 0 Å². The second-order valence-electron chi connectivity index (χ2n) is 5.56. The Morgan fingerprint density at radius 2 is 2.05 bits per heavy atom. The number of carbonyl (C=O) groups excluding carboxylic acids is 2. The maximum absolute atomic E-state index is 11.9. The summed E-state index contributed by atoms with van der Waals surface area (Å²) in [5.41, 5.74) is 0. The Labute approximate surface area is 124 Å². The first kappa shape index (κ1) is 15.7. The number of carbonyl (C=O) groups is 2. The van der Waals surface area contributed by atoms with Crippen LogP contribution in [-0.4, -0.2) is 49.4 Å². The molecule has 6 heteroatoms. The van der Waals surface area contributed by atoms with Crippen LogP contribution in [0.4, 0.5) is 0 Å². The van der Waals surface area contributed by atoms with Gasteiger partial charge in [0.15, 0.2) is 5.76 Å². The standard InChI is InChI=1S/C15H23N3O3/c1-16-11-5-7-12(8-6-11)18(2)10-14(19)17-15(20)13-4-3-9-21-13/h3-4,9,11-12,16H,5-8,10H2,1-2H3,(H,17,19,20). The summed E-state index contributed by atoms with van der Waals surface area (Å²) in [6, 6.07) is 4.14. The van der Waals surface area contributed by atoms with Crippen molar-refractivity contribution in [2.45, 2.75) is 37.8 Å². The Balaban J connectivity index is 1.76. The number of imide groups is 1. The van der Waals surface area contributed by atoms with Gasteiger partial charge in [-0.25, -0.2) is 0 Å². The summed E-state index contributed by atoms with van der Waals surface area (Å²) in [6.45, 7) is 0.224. The van der Waals surface area contributed by atoms with E-state index in [0.29, 0.717) is 12.1 Å². The van der Waals surface area contributed by atoms with E-state index < -0.39 is 5.91 Å². The Morgan fingerprint density at radius 3 is 2.62 bits per heavy atom. The van der Waals surface area contributed by atoms with E-state index in [1.807, 2.05) is 19.0 Å². The first-order valence-corrected chi connectivity index (χ1v) is 7.35. The second-order valence-corrected chi connectivity index (χ2v) is 5.56. The van der Waals surface area contributed by atoms with Gasteiger partial charge >= 0.3 is 0 Å². The third kappa shape index (κ3) is 4.41. The van der Waals surface area contributed by atoms with Crippen LogP contribution in [0.5, 0.6) is 0 Å². The minimum atomic E-state index is -0.489. The molecule has 2 amide bonds.